The molecule has 5 amide bonds. The molecule has 2 saturated heterocycles. The summed E-state index contributed by atoms with van der Waals surface area (Å²) in [6, 6.07) is 3.72. The minimum Gasteiger partial charge on any atom is -0.494 e. The minimum absolute atomic E-state index is 0.0245. The first-order chi connectivity index (χ1) is 19.3. The number of aliphatic imine (C=N–C) groups is 1. The van der Waals surface area contributed by atoms with Crippen molar-refractivity contribution >= 4 is 35.7 Å². The molecule has 1 atom stereocenters. The van der Waals surface area contributed by atoms with Crippen molar-refractivity contribution in [1.29, 1.82) is 0 Å². The van der Waals surface area contributed by atoms with Gasteiger partial charge in [-0.2, -0.15) is 0 Å². The lowest BCUT2D eigenvalue weighted by atomic mass is 9.98. The number of halogens is 1. The van der Waals surface area contributed by atoms with Crippen molar-refractivity contribution in [3.63, 3.8) is 0 Å². The van der Waals surface area contributed by atoms with Gasteiger partial charge < -0.3 is 29.6 Å². The van der Waals surface area contributed by atoms with Crippen LogP contribution in [-0.2, 0) is 22.6 Å². The highest BCUT2D eigenvalue weighted by Crippen LogP contribution is 2.29. The number of amides is 5. The molecule has 210 valence electrons. The van der Waals surface area contributed by atoms with E-state index in [-0.39, 0.29) is 29.7 Å². The monoisotopic (exact) mass is 552 g/mol. The van der Waals surface area contributed by atoms with E-state index in [9.17, 15) is 23.6 Å². The van der Waals surface area contributed by atoms with E-state index in [1.165, 1.54) is 7.11 Å². The molecule has 4 aliphatic rings. The van der Waals surface area contributed by atoms with Crippen molar-refractivity contribution in [1.82, 2.24) is 25.8 Å². The van der Waals surface area contributed by atoms with Crippen LogP contribution in [0, 0.1) is 5.82 Å². The topological polar surface area (TPSA) is 146 Å². The van der Waals surface area contributed by atoms with Gasteiger partial charge in [0, 0.05) is 31.7 Å². The molecule has 6 rings (SSSR count). The summed E-state index contributed by atoms with van der Waals surface area (Å²) in [7, 11) is 1.40. The third-order valence-electron chi connectivity index (χ3n) is 7.02. The van der Waals surface area contributed by atoms with Crippen molar-refractivity contribution in [3.05, 3.63) is 58.3 Å². The maximum Gasteiger partial charge on any atom is 0.322 e. The first-order valence-electron chi connectivity index (χ1n) is 12.9. The van der Waals surface area contributed by atoms with E-state index in [1.807, 2.05) is 11.8 Å². The molecule has 1 aromatic heterocycles. The molecule has 0 saturated carbocycles. The minimum atomic E-state index is -0.813. The van der Waals surface area contributed by atoms with Gasteiger partial charge in [0.1, 0.15) is 17.4 Å². The Morgan fingerprint density at radius 3 is 2.67 bits per heavy atom. The standard InChI is InChI=1S/C15H15N5O4.C12H14FNO2/c21-12-7-20(4-3-16-12)11-2-1-9-8(6-17-11)5-10(24-9)13-14(22)19-15(23)18-13;1-3-14-7-6-8-4-5-9(16-2)11(13)10(8)12(14)15/h1-2,5,13H,3-4,6-7H2,(H,16,21)(H2,18,19,22,23);4-5H,3,6-7H2,1-2H3. The number of benzene rings is 1. The zero-order chi connectivity index (χ0) is 28.4. The lowest BCUT2D eigenvalue weighted by molar-refractivity contribution is -0.123. The first-order valence-corrected chi connectivity index (χ1v) is 12.9. The van der Waals surface area contributed by atoms with Gasteiger partial charge in [-0.3, -0.25) is 24.7 Å². The Labute approximate surface area is 229 Å². The summed E-state index contributed by atoms with van der Waals surface area (Å²) in [5, 5.41) is 7.45. The number of amidine groups is 1. The Kier molecular flexibility index (Phi) is 7.54. The number of nitrogens with zero attached hydrogens (tertiary/aromatic N) is 3. The van der Waals surface area contributed by atoms with E-state index >= 15 is 0 Å². The van der Waals surface area contributed by atoms with Gasteiger partial charge >= 0.3 is 6.03 Å². The highest BCUT2D eigenvalue weighted by molar-refractivity contribution is 6.04. The molecule has 13 heteroatoms. The number of nitrogens with one attached hydrogen (secondary N) is 3. The fourth-order valence-corrected chi connectivity index (χ4v) is 4.91. The second-order valence-corrected chi connectivity index (χ2v) is 9.46. The third kappa shape index (κ3) is 5.26. The number of rotatable bonds is 3. The summed E-state index contributed by atoms with van der Waals surface area (Å²) in [4.78, 5) is 54.5. The van der Waals surface area contributed by atoms with Gasteiger partial charge in [0.25, 0.3) is 11.8 Å². The van der Waals surface area contributed by atoms with E-state index in [2.05, 4.69) is 20.9 Å². The number of urea groups is 1. The van der Waals surface area contributed by atoms with Crippen LogP contribution >= 0.6 is 0 Å². The van der Waals surface area contributed by atoms with Crippen molar-refractivity contribution < 1.29 is 32.7 Å². The van der Waals surface area contributed by atoms with E-state index in [0.717, 1.165) is 17.0 Å². The summed E-state index contributed by atoms with van der Waals surface area (Å²) in [5.74, 6) is 0.598. The molecule has 0 bridgehead atoms. The van der Waals surface area contributed by atoms with E-state index in [4.69, 9.17) is 9.15 Å². The van der Waals surface area contributed by atoms with Crippen LogP contribution in [0.15, 0.2) is 33.7 Å². The van der Waals surface area contributed by atoms with Crippen LogP contribution in [0.3, 0.4) is 0 Å². The van der Waals surface area contributed by atoms with Crippen molar-refractivity contribution in [2.75, 3.05) is 39.8 Å². The molecule has 4 aliphatic heterocycles. The quantitative estimate of drug-likeness (QED) is 0.488. The van der Waals surface area contributed by atoms with Crippen LogP contribution < -0.4 is 20.7 Å². The van der Waals surface area contributed by atoms with Crippen LogP contribution in [0.25, 0.3) is 6.08 Å². The largest absolute Gasteiger partial charge is 0.494 e. The summed E-state index contributed by atoms with van der Waals surface area (Å²) in [5.41, 5.74) is 1.77. The third-order valence-corrected chi connectivity index (χ3v) is 7.02. The molecular weight excluding hydrogens is 523 g/mol. The highest BCUT2D eigenvalue weighted by Gasteiger charge is 2.34. The predicted octanol–water partition coefficient (Wildman–Crippen LogP) is 1.37. The van der Waals surface area contributed by atoms with Gasteiger partial charge in [-0.05, 0) is 43.2 Å². The number of imide groups is 1. The Hall–Kier alpha value is -4.68. The van der Waals surface area contributed by atoms with Gasteiger partial charge in [0.05, 0.1) is 25.8 Å². The lowest BCUT2D eigenvalue weighted by Crippen LogP contribution is -2.49. The number of carbonyl (C=O) groups excluding carboxylic acids is 4. The van der Waals surface area contributed by atoms with E-state index < -0.39 is 23.8 Å². The Morgan fingerprint density at radius 2 is 1.98 bits per heavy atom. The zero-order valence-corrected chi connectivity index (χ0v) is 22.1. The van der Waals surface area contributed by atoms with Crippen LogP contribution in [0.5, 0.6) is 5.75 Å². The SMILES string of the molecule is CCN1CCc2ccc(OC)c(F)c2C1=O.O=C1CN(C2=NCc3cc(C4NC(=O)NC4=O)oc3C=C2)CCN1. The number of methoxy groups -OCH3 is 1. The van der Waals surface area contributed by atoms with Gasteiger partial charge in [0.2, 0.25) is 5.91 Å². The van der Waals surface area contributed by atoms with Gasteiger partial charge in [-0.15, -0.1) is 0 Å². The average molecular weight is 553 g/mol. The molecule has 0 spiro atoms. The number of likely N-dealkylation sites (N-methyl/N-ethyl adjacent to an activating group) is 1. The molecule has 12 nitrogen and oxygen atoms in total. The molecule has 40 heavy (non-hydrogen) atoms. The average Bonchev–Trinajstić information content (AvgIpc) is 3.44. The maximum absolute atomic E-state index is 13.9. The second kappa shape index (κ2) is 11.2. The van der Waals surface area contributed by atoms with Gasteiger partial charge in [-0.25, -0.2) is 9.18 Å². The number of furan rings is 1. The second-order valence-electron chi connectivity index (χ2n) is 9.46. The molecule has 3 N–H and O–H groups in total. The Bertz CT molecular complexity index is 1430. The van der Waals surface area contributed by atoms with Crippen LogP contribution in [0.2, 0.25) is 0 Å². The maximum atomic E-state index is 13.9. The molecule has 1 aromatic carbocycles. The van der Waals surface area contributed by atoms with Crippen LogP contribution in [0.4, 0.5) is 9.18 Å². The Balaban J connectivity index is 0.000000176. The smallest absolute Gasteiger partial charge is 0.322 e. The van der Waals surface area contributed by atoms with Crippen molar-refractivity contribution in [3.8, 4) is 5.75 Å². The number of hydrogen-bond donors (Lipinski definition) is 3. The van der Waals surface area contributed by atoms with E-state index in [0.29, 0.717) is 50.7 Å². The number of ether oxygens (including phenoxy) is 1. The molecule has 2 fully saturated rings. The lowest BCUT2D eigenvalue weighted by Gasteiger charge is -2.28. The Morgan fingerprint density at radius 1 is 1.15 bits per heavy atom. The van der Waals surface area contributed by atoms with Crippen LogP contribution in [0.1, 0.15) is 46.0 Å². The number of fused-ring (bicyclic) bond motifs is 2. The normalized spacial score (nSPS) is 19.9. The molecule has 0 aliphatic carbocycles. The number of hydrogen-bond acceptors (Lipinski definition) is 8. The van der Waals surface area contributed by atoms with E-state index in [1.54, 1.807) is 35.3 Å². The van der Waals surface area contributed by atoms with Crippen molar-refractivity contribution in [2.45, 2.75) is 25.9 Å². The fourth-order valence-electron chi connectivity index (χ4n) is 4.91. The molecule has 5 heterocycles. The summed E-state index contributed by atoms with van der Waals surface area (Å²) in [6.07, 6.45) is 4.27. The van der Waals surface area contributed by atoms with Gasteiger partial charge in [-0.1, -0.05) is 6.07 Å². The summed E-state index contributed by atoms with van der Waals surface area (Å²) >= 11 is 0. The van der Waals surface area contributed by atoms with Crippen LogP contribution in [-0.4, -0.2) is 79.2 Å². The molecule has 2 aromatic rings. The zero-order valence-electron chi connectivity index (χ0n) is 22.1. The molecule has 1 unspecified atom stereocenters. The fraction of sp³-hybridized carbons (Fsp3) is 0.370. The summed E-state index contributed by atoms with van der Waals surface area (Å²) in [6.45, 7) is 5.11. The summed E-state index contributed by atoms with van der Waals surface area (Å²) < 4.78 is 24.5. The molecule has 0 radical (unpaired) electrons. The predicted molar refractivity (Wildman–Crippen MR) is 141 cm³/mol. The number of carbonyl (C=O) groups is 4. The molecular formula is C27H29FN6O6. The highest BCUT2D eigenvalue weighted by atomic mass is 19.1. The van der Waals surface area contributed by atoms with Gasteiger partial charge in [0.15, 0.2) is 17.6 Å². The first kappa shape index (κ1) is 26.9. The number of piperazine rings is 1. The van der Waals surface area contributed by atoms with Crippen molar-refractivity contribution in [2.24, 2.45) is 4.99 Å².